The predicted octanol–water partition coefficient (Wildman–Crippen LogP) is 5.02. The molecule has 4 rings (SSSR count). The van der Waals surface area contributed by atoms with Gasteiger partial charge in [0.25, 0.3) is 11.8 Å². The maximum atomic E-state index is 13.4. The SMILES string of the molecule is Cc1ccc(-c2cc(C(=O)N[C@H](C)c3cnc(C)nc3)cc(-c3ccccc3C(=O)N(C)C)c2)nc1. The normalized spacial score (nSPS) is 11.6. The van der Waals surface area contributed by atoms with Crippen molar-refractivity contribution in [2.75, 3.05) is 14.1 Å². The molecule has 2 aromatic heterocycles. The first-order chi connectivity index (χ1) is 17.2. The number of nitrogens with zero attached hydrogens (tertiary/aromatic N) is 4. The van der Waals surface area contributed by atoms with E-state index in [1.807, 2.05) is 69.3 Å². The maximum absolute atomic E-state index is 13.4. The van der Waals surface area contributed by atoms with Crippen molar-refractivity contribution in [3.8, 4) is 22.4 Å². The molecule has 0 radical (unpaired) electrons. The van der Waals surface area contributed by atoms with Crippen molar-refractivity contribution < 1.29 is 9.59 Å². The van der Waals surface area contributed by atoms with Crippen LogP contribution in [-0.2, 0) is 0 Å². The second-order valence-corrected chi connectivity index (χ2v) is 9.02. The van der Waals surface area contributed by atoms with Crippen molar-refractivity contribution in [2.24, 2.45) is 0 Å². The summed E-state index contributed by atoms with van der Waals surface area (Å²) in [4.78, 5) is 40.9. The van der Waals surface area contributed by atoms with Gasteiger partial charge in [-0.2, -0.15) is 0 Å². The molecule has 0 spiro atoms. The summed E-state index contributed by atoms with van der Waals surface area (Å²) in [7, 11) is 3.45. The zero-order valence-electron chi connectivity index (χ0n) is 21.1. The molecule has 7 nitrogen and oxygen atoms in total. The van der Waals surface area contributed by atoms with Gasteiger partial charge in [0, 0.05) is 54.9 Å². The Morgan fingerprint density at radius 2 is 1.56 bits per heavy atom. The van der Waals surface area contributed by atoms with Crippen LogP contribution in [0.15, 0.2) is 73.2 Å². The van der Waals surface area contributed by atoms with E-state index >= 15 is 0 Å². The summed E-state index contributed by atoms with van der Waals surface area (Å²) in [5.74, 6) is 0.323. The van der Waals surface area contributed by atoms with E-state index in [-0.39, 0.29) is 17.9 Å². The molecule has 182 valence electrons. The number of aromatic nitrogens is 3. The lowest BCUT2D eigenvalue weighted by atomic mass is 9.94. The van der Waals surface area contributed by atoms with Crippen LogP contribution in [0.1, 0.15) is 50.6 Å². The molecule has 2 amide bonds. The molecule has 0 aliphatic rings. The zero-order chi connectivity index (χ0) is 25.8. The van der Waals surface area contributed by atoms with Gasteiger partial charge in [-0.3, -0.25) is 14.6 Å². The van der Waals surface area contributed by atoms with Crippen molar-refractivity contribution in [2.45, 2.75) is 26.8 Å². The molecule has 0 saturated carbocycles. The third-order valence-corrected chi connectivity index (χ3v) is 5.93. The number of nitrogens with one attached hydrogen (secondary N) is 1. The van der Waals surface area contributed by atoms with Crippen molar-refractivity contribution in [3.63, 3.8) is 0 Å². The lowest BCUT2D eigenvalue weighted by Crippen LogP contribution is -2.27. The first-order valence-corrected chi connectivity index (χ1v) is 11.7. The fourth-order valence-corrected chi connectivity index (χ4v) is 3.85. The molecule has 1 N–H and O–H groups in total. The molecule has 0 bridgehead atoms. The average Bonchev–Trinajstić information content (AvgIpc) is 2.88. The summed E-state index contributed by atoms with van der Waals surface area (Å²) in [6.45, 7) is 5.69. The molecular formula is C29H29N5O2. The molecule has 36 heavy (non-hydrogen) atoms. The fourth-order valence-electron chi connectivity index (χ4n) is 3.85. The van der Waals surface area contributed by atoms with Gasteiger partial charge < -0.3 is 10.2 Å². The van der Waals surface area contributed by atoms with E-state index in [9.17, 15) is 9.59 Å². The number of benzene rings is 2. The Bertz CT molecular complexity index is 1400. The first kappa shape index (κ1) is 24.7. The van der Waals surface area contributed by atoms with Gasteiger partial charge in [0.15, 0.2) is 0 Å². The van der Waals surface area contributed by atoms with E-state index in [1.165, 1.54) is 0 Å². The number of hydrogen-bond donors (Lipinski definition) is 1. The van der Waals surface area contributed by atoms with Crippen molar-refractivity contribution in [1.82, 2.24) is 25.2 Å². The molecule has 2 heterocycles. The van der Waals surface area contributed by atoms with Gasteiger partial charge in [-0.1, -0.05) is 24.3 Å². The monoisotopic (exact) mass is 479 g/mol. The van der Waals surface area contributed by atoms with Gasteiger partial charge in [-0.05, 0) is 67.8 Å². The number of rotatable bonds is 6. The van der Waals surface area contributed by atoms with Crippen LogP contribution in [0.2, 0.25) is 0 Å². The van der Waals surface area contributed by atoms with Gasteiger partial charge in [0.05, 0.1) is 11.7 Å². The second kappa shape index (κ2) is 10.5. The standard InChI is InChI=1S/C29H29N5O2/c1-18-10-11-27(32-15-18)22-12-21(25-8-6-7-9-26(25)29(36)34(4)5)13-23(14-22)28(35)33-19(2)24-16-30-20(3)31-17-24/h6-17,19H,1-5H3,(H,33,35)/t19-/m1/s1. The molecule has 0 fully saturated rings. The van der Waals surface area contributed by atoms with Crippen LogP contribution in [0.3, 0.4) is 0 Å². The number of carbonyl (C=O) groups excluding carboxylic acids is 2. The van der Waals surface area contributed by atoms with E-state index in [1.54, 1.807) is 43.7 Å². The summed E-state index contributed by atoms with van der Waals surface area (Å²) in [5, 5.41) is 3.04. The van der Waals surface area contributed by atoms with Gasteiger partial charge in [-0.25, -0.2) is 9.97 Å². The highest BCUT2D eigenvalue weighted by atomic mass is 16.2. The van der Waals surface area contributed by atoms with Crippen LogP contribution in [0.25, 0.3) is 22.4 Å². The highest BCUT2D eigenvalue weighted by molar-refractivity contribution is 6.02. The largest absolute Gasteiger partial charge is 0.345 e. The Morgan fingerprint density at radius 1 is 0.861 bits per heavy atom. The lowest BCUT2D eigenvalue weighted by Gasteiger charge is -2.17. The van der Waals surface area contributed by atoms with Crippen LogP contribution >= 0.6 is 0 Å². The Balaban J connectivity index is 1.78. The Labute approximate surface area is 211 Å². The van der Waals surface area contributed by atoms with Crippen LogP contribution in [-0.4, -0.2) is 45.8 Å². The van der Waals surface area contributed by atoms with Crippen LogP contribution in [0, 0.1) is 13.8 Å². The molecule has 4 aromatic rings. The average molecular weight is 480 g/mol. The van der Waals surface area contributed by atoms with E-state index in [4.69, 9.17) is 0 Å². The first-order valence-electron chi connectivity index (χ1n) is 11.7. The number of amides is 2. The molecule has 7 heteroatoms. The summed E-state index contributed by atoms with van der Waals surface area (Å²) < 4.78 is 0. The minimum Gasteiger partial charge on any atom is -0.345 e. The Morgan fingerprint density at radius 3 is 2.22 bits per heavy atom. The molecule has 2 aromatic carbocycles. The summed E-state index contributed by atoms with van der Waals surface area (Å²) >= 11 is 0. The molecule has 1 atom stereocenters. The van der Waals surface area contributed by atoms with Gasteiger partial charge in [0.2, 0.25) is 0 Å². The molecule has 0 aliphatic carbocycles. The fraction of sp³-hybridized carbons (Fsp3) is 0.207. The van der Waals surface area contributed by atoms with Gasteiger partial charge in [-0.15, -0.1) is 0 Å². The minimum absolute atomic E-state index is 0.108. The lowest BCUT2D eigenvalue weighted by molar-refractivity contribution is 0.0828. The quantitative estimate of drug-likeness (QED) is 0.420. The smallest absolute Gasteiger partial charge is 0.253 e. The summed E-state index contributed by atoms with van der Waals surface area (Å²) in [6.07, 6.45) is 5.23. The molecule has 0 saturated heterocycles. The topological polar surface area (TPSA) is 88.1 Å². The van der Waals surface area contributed by atoms with Crippen LogP contribution in [0.5, 0.6) is 0 Å². The Hall–Kier alpha value is -4.39. The van der Waals surface area contributed by atoms with Crippen LogP contribution < -0.4 is 5.32 Å². The van der Waals surface area contributed by atoms with Crippen molar-refractivity contribution in [3.05, 3.63) is 101 Å². The molecular weight excluding hydrogens is 450 g/mol. The molecule has 0 aliphatic heterocycles. The highest BCUT2D eigenvalue weighted by Crippen LogP contribution is 2.30. The van der Waals surface area contributed by atoms with Crippen molar-refractivity contribution >= 4 is 11.8 Å². The molecule has 0 unspecified atom stereocenters. The van der Waals surface area contributed by atoms with Crippen LogP contribution in [0.4, 0.5) is 0 Å². The van der Waals surface area contributed by atoms with E-state index in [0.29, 0.717) is 17.0 Å². The van der Waals surface area contributed by atoms with E-state index < -0.39 is 0 Å². The van der Waals surface area contributed by atoms with Gasteiger partial charge >= 0.3 is 0 Å². The number of carbonyl (C=O) groups is 2. The predicted molar refractivity (Wildman–Crippen MR) is 141 cm³/mol. The minimum atomic E-state index is -0.287. The van der Waals surface area contributed by atoms with Gasteiger partial charge in [0.1, 0.15) is 5.82 Å². The zero-order valence-corrected chi connectivity index (χ0v) is 21.1. The number of aryl methyl sites for hydroxylation is 2. The van der Waals surface area contributed by atoms with E-state index in [2.05, 4.69) is 20.3 Å². The second-order valence-electron chi connectivity index (χ2n) is 9.02. The third kappa shape index (κ3) is 5.46. The third-order valence-electron chi connectivity index (χ3n) is 5.93. The Kier molecular flexibility index (Phi) is 7.20. The van der Waals surface area contributed by atoms with E-state index in [0.717, 1.165) is 33.5 Å². The van der Waals surface area contributed by atoms with Crippen molar-refractivity contribution in [1.29, 1.82) is 0 Å². The number of pyridine rings is 1. The maximum Gasteiger partial charge on any atom is 0.253 e. The summed E-state index contributed by atoms with van der Waals surface area (Å²) in [5.41, 5.74) is 5.93. The number of hydrogen-bond acceptors (Lipinski definition) is 5. The highest BCUT2D eigenvalue weighted by Gasteiger charge is 2.19. The summed E-state index contributed by atoms with van der Waals surface area (Å²) in [6, 6.07) is 16.6.